The van der Waals surface area contributed by atoms with Gasteiger partial charge in [-0.15, -0.1) is 10.2 Å². The zero-order valence-corrected chi connectivity index (χ0v) is 8.10. The maximum atomic E-state index is 11.3. The molecule has 3 N–H and O–H groups in total. The number of aliphatic carboxylic acids is 1. The normalized spacial score (nSPS) is 12.1. The summed E-state index contributed by atoms with van der Waals surface area (Å²) in [5, 5.41) is 23.4. The molecule has 15 heavy (non-hydrogen) atoms. The van der Waals surface area contributed by atoms with Crippen LogP contribution in [0.4, 0.5) is 0 Å². The van der Waals surface area contributed by atoms with Crippen LogP contribution in [0.3, 0.4) is 0 Å². The number of carboxylic acid groups (broad SMARTS) is 1. The number of H-pyrrole nitrogens is 1. The molecule has 1 heterocycles. The van der Waals surface area contributed by atoms with Gasteiger partial charge in [0.15, 0.2) is 0 Å². The molecule has 1 amide bonds. The highest BCUT2D eigenvalue weighted by molar-refractivity contribution is 5.90. The van der Waals surface area contributed by atoms with Crippen molar-refractivity contribution in [3.05, 3.63) is 5.82 Å². The Hall–Kier alpha value is -1.99. The van der Waals surface area contributed by atoms with Crippen LogP contribution in [-0.2, 0) is 4.79 Å². The molecule has 0 aliphatic carbocycles. The average Bonchev–Trinajstić information content (AvgIpc) is 2.70. The van der Waals surface area contributed by atoms with Gasteiger partial charge >= 0.3 is 5.97 Å². The second-order valence-corrected chi connectivity index (χ2v) is 2.89. The second-order valence-electron chi connectivity index (χ2n) is 2.89. The fraction of sp³-hybridized carbons (Fsp3) is 0.571. The standard InChI is InChI=1S/C7H11N5O3/c1-2-4(7(14)15)3-8-6(13)5-9-11-12-10-5/h4H,2-3H2,1H3,(H,8,13)(H,14,15)(H,9,10,11,12). The van der Waals surface area contributed by atoms with E-state index >= 15 is 0 Å². The average molecular weight is 213 g/mol. The number of nitrogens with one attached hydrogen (secondary N) is 2. The monoisotopic (exact) mass is 213 g/mol. The molecule has 8 nitrogen and oxygen atoms in total. The molecule has 0 saturated carbocycles. The molecule has 1 atom stereocenters. The molecule has 0 saturated heterocycles. The van der Waals surface area contributed by atoms with Gasteiger partial charge in [-0.25, -0.2) is 0 Å². The topological polar surface area (TPSA) is 121 Å². The second kappa shape index (κ2) is 5.03. The van der Waals surface area contributed by atoms with Gasteiger partial charge in [0.1, 0.15) is 0 Å². The number of nitrogens with zero attached hydrogens (tertiary/aromatic N) is 3. The summed E-state index contributed by atoms with van der Waals surface area (Å²) in [7, 11) is 0. The van der Waals surface area contributed by atoms with Crippen LogP contribution in [0, 0.1) is 5.92 Å². The molecular weight excluding hydrogens is 202 g/mol. The summed E-state index contributed by atoms with van der Waals surface area (Å²) in [6.07, 6.45) is 0.446. The highest BCUT2D eigenvalue weighted by Gasteiger charge is 2.17. The zero-order valence-electron chi connectivity index (χ0n) is 8.10. The minimum atomic E-state index is -0.939. The first-order chi connectivity index (χ1) is 7.15. The number of carbonyl (C=O) groups is 2. The summed E-state index contributed by atoms with van der Waals surface area (Å²) < 4.78 is 0. The summed E-state index contributed by atoms with van der Waals surface area (Å²) >= 11 is 0. The first kappa shape index (κ1) is 11.1. The summed E-state index contributed by atoms with van der Waals surface area (Å²) in [6, 6.07) is 0. The Kier molecular flexibility index (Phi) is 3.72. The van der Waals surface area contributed by atoms with Gasteiger partial charge in [-0.05, 0) is 11.6 Å². The molecule has 0 spiro atoms. The number of amides is 1. The van der Waals surface area contributed by atoms with E-state index in [1.807, 2.05) is 0 Å². The van der Waals surface area contributed by atoms with Crippen LogP contribution in [0.2, 0.25) is 0 Å². The van der Waals surface area contributed by atoms with E-state index in [0.29, 0.717) is 6.42 Å². The quantitative estimate of drug-likeness (QED) is 0.579. The lowest BCUT2D eigenvalue weighted by atomic mass is 10.1. The third-order valence-electron chi connectivity index (χ3n) is 1.90. The van der Waals surface area contributed by atoms with Crippen molar-refractivity contribution in [1.82, 2.24) is 25.9 Å². The fourth-order valence-electron chi connectivity index (χ4n) is 0.959. The molecule has 8 heteroatoms. The van der Waals surface area contributed by atoms with Crippen LogP contribution >= 0.6 is 0 Å². The number of hydrogen-bond donors (Lipinski definition) is 3. The third kappa shape index (κ3) is 3.01. The maximum absolute atomic E-state index is 11.3. The SMILES string of the molecule is CCC(CNC(=O)c1nn[nH]n1)C(=O)O. The van der Waals surface area contributed by atoms with Crippen molar-refractivity contribution in [2.24, 2.45) is 5.92 Å². The molecule has 1 aromatic heterocycles. The third-order valence-corrected chi connectivity index (χ3v) is 1.90. The minimum Gasteiger partial charge on any atom is -0.481 e. The Balaban J connectivity index is 2.43. The molecule has 0 aromatic carbocycles. The van der Waals surface area contributed by atoms with Gasteiger partial charge in [0, 0.05) is 6.54 Å². The van der Waals surface area contributed by atoms with Crippen molar-refractivity contribution in [2.75, 3.05) is 6.54 Å². The van der Waals surface area contributed by atoms with Crippen molar-refractivity contribution in [3.8, 4) is 0 Å². The van der Waals surface area contributed by atoms with E-state index in [-0.39, 0.29) is 12.4 Å². The van der Waals surface area contributed by atoms with Crippen LogP contribution in [0.5, 0.6) is 0 Å². The Labute approximate surface area is 85.1 Å². The molecule has 1 aromatic rings. The number of aromatic nitrogens is 4. The number of carboxylic acids is 1. The Bertz CT molecular complexity index is 336. The number of aromatic amines is 1. The molecule has 0 aliphatic rings. The Morgan fingerprint density at radius 3 is 2.80 bits per heavy atom. The van der Waals surface area contributed by atoms with Crippen LogP contribution in [0.1, 0.15) is 24.0 Å². The van der Waals surface area contributed by atoms with Crippen LogP contribution < -0.4 is 5.32 Å². The highest BCUT2D eigenvalue weighted by atomic mass is 16.4. The lowest BCUT2D eigenvalue weighted by Crippen LogP contribution is -2.33. The van der Waals surface area contributed by atoms with E-state index in [4.69, 9.17) is 5.11 Å². The van der Waals surface area contributed by atoms with Crippen molar-refractivity contribution >= 4 is 11.9 Å². The van der Waals surface area contributed by atoms with E-state index in [0.717, 1.165) is 0 Å². The molecule has 1 rings (SSSR count). The molecule has 82 valence electrons. The predicted octanol–water partition coefficient (Wildman–Crippen LogP) is -0.960. The summed E-state index contributed by atoms with van der Waals surface area (Å²) in [5.74, 6) is -2.18. The van der Waals surface area contributed by atoms with Gasteiger partial charge in [0.05, 0.1) is 5.92 Å². The first-order valence-corrected chi connectivity index (χ1v) is 4.39. The summed E-state index contributed by atoms with van der Waals surface area (Å²) in [4.78, 5) is 21.9. The van der Waals surface area contributed by atoms with Crippen molar-refractivity contribution < 1.29 is 14.7 Å². The van der Waals surface area contributed by atoms with E-state index in [1.165, 1.54) is 0 Å². The number of hydrogen-bond acceptors (Lipinski definition) is 5. The highest BCUT2D eigenvalue weighted by Crippen LogP contribution is 2.00. The lowest BCUT2D eigenvalue weighted by molar-refractivity contribution is -0.141. The summed E-state index contributed by atoms with van der Waals surface area (Å²) in [6.45, 7) is 1.79. The van der Waals surface area contributed by atoms with E-state index < -0.39 is 17.8 Å². The van der Waals surface area contributed by atoms with Crippen LogP contribution in [0.25, 0.3) is 0 Å². The van der Waals surface area contributed by atoms with Crippen LogP contribution in [-0.4, -0.2) is 44.2 Å². The van der Waals surface area contributed by atoms with Gasteiger partial charge in [0.2, 0.25) is 0 Å². The molecule has 0 aliphatic heterocycles. The predicted molar refractivity (Wildman–Crippen MR) is 47.9 cm³/mol. The molecule has 0 bridgehead atoms. The largest absolute Gasteiger partial charge is 0.481 e. The van der Waals surface area contributed by atoms with Crippen molar-refractivity contribution in [3.63, 3.8) is 0 Å². The molecule has 0 radical (unpaired) electrons. The van der Waals surface area contributed by atoms with E-state index in [1.54, 1.807) is 6.92 Å². The zero-order chi connectivity index (χ0) is 11.3. The lowest BCUT2D eigenvalue weighted by Gasteiger charge is -2.09. The first-order valence-electron chi connectivity index (χ1n) is 4.39. The molecule has 1 unspecified atom stereocenters. The Morgan fingerprint density at radius 1 is 1.60 bits per heavy atom. The van der Waals surface area contributed by atoms with Gasteiger partial charge in [0.25, 0.3) is 11.7 Å². The van der Waals surface area contributed by atoms with E-state index in [2.05, 4.69) is 25.9 Å². The van der Waals surface area contributed by atoms with Crippen molar-refractivity contribution in [2.45, 2.75) is 13.3 Å². The molecule has 0 fully saturated rings. The smallest absolute Gasteiger partial charge is 0.308 e. The fourth-order valence-corrected chi connectivity index (χ4v) is 0.959. The van der Waals surface area contributed by atoms with Crippen molar-refractivity contribution in [1.29, 1.82) is 0 Å². The Morgan fingerprint density at radius 2 is 2.33 bits per heavy atom. The number of tetrazole rings is 1. The molecular formula is C7H11N5O3. The number of carbonyl (C=O) groups excluding carboxylic acids is 1. The summed E-state index contributed by atoms with van der Waals surface area (Å²) in [5.41, 5.74) is 0. The van der Waals surface area contributed by atoms with Gasteiger partial charge < -0.3 is 10.4 Å². The van der Waals surface area contributed by atoms with Crippen LogP contribution in [0.15, 0.2) is 0 Å². The van der Waals surface area contributed by atoms with Gasteiger partial charge in [-0.1, -0.05) is 6.92 Å². The van der Waals surface area contributed by atoms with Gasteiger partial charge in [-0.3, -0.25) is 9.59 Å². The van der Waals surface area contributed by atoms with Gasteiger partial charge in [-0.2, -0.15) is 5.21 Å². The minimum absolute atomic E-state index is 0.0548. The maximum Gasteiger partial charge on any atom is 0.308 e. The number of rotatable bonds is 5. The van der Waals surface area contributed by atoms with E-state index in [9.17, 15) is 9.59 Å².